The predicted octanol–water partition coefficient (Wildman–Crippen LogP) is 13.4. The third kappa shape index (κ3) is 0.941. The van der Waals surface area contributed by atoms with E-state index in [4.69, 9.17) is 0 Å². The summed E-state index contributed by atoms with van der Waals surface area (Å²) in [4.78, 5) is 9.23. The Morgan fingerprint density at radius 1 is 0.511 bits per heavy atom. The molecular weight excluding hydrogens is 665 g/mol. The normalized spacial score (nSPS) is 55.7. The summed E-state index contributed by atoms with van der Waals surface area (Å²) in [6, 6.07) is 19.4. The van der Waals surface area contributed by atoms with Crippen LogP contribution in [0.5, 0.6) is 0 Å². The van der Waals surface area contributed by atoms with Crippen molar-refractivity contribution in [2.75, 3.05) is 18.5 Å². The van der Waals surface area contributed by atoms with Gasteiger partial charge in [-0.3, -0.25) is 0 Å². The molecule has 5 atom stereocenters. The molecule has 10 aliphatic rings. The maximum atomic E-state index is 2.67. The molecule has 0 radical (unpaired) electrons. The third-order valence-electron chi connectivity index (χ3n) is 23.2. The first-order valence-corrected chi connectivity index (χ1v) is 29.7. The van der Waals surface area contributed by atoms with Gasteiger partial charge in [0, 0.05) is 0 Å². The number of hydrogen-bond donors (Lipinski definition) is 0. The van der Waals surface area contributed by atoms with Crippen LogP contribution in [0.2, 0.25) is 46.7 Å². The van der Waals surface area contributed by atoms with Crippen molar-refractivity contribution in [2.45, 2.75) is 164 Å². The Kier molecular flexibility index (Phi) is 3.05. The first kappa shape index (κ1) is 29.8. The van der Waals surface area contributed by atoms with Crippen LogP contribution in [-0.2, 0) is 6.51 Å². The topological polar surface area (TPSA) is 0 Å². The molecule has 0 aliphatic carbocycles. The van der Waals surface area contributed by atoms with Crippen molar-refractivity contribution in [3.63, 3.8) is 0 Å². The second-order valence-electron chi connectivity index (χ2n) is 24.3. The molecule has 10 saturated heterocycles. The van der Waals surface area contributed by atoms with Crippen LogP contribution in [0, 0.1) is 13.8 Å². The summed E-state index contributed by atoms with van der Waals surface area (Å²) in [5.74, 6) is 0. The number of hydrogen-bond acceptors (Lipinski definition) is 0. The Morgan fingerprint density at radius 2 is 0.851 bits per heavy atom. The molecular formula is C43H63FeP3. The van der Waals surface area contributed by atoms with Crippen molar-refractivity contribution in [1.82, 2.24) is 0 Å². The van der Waals surface area contributed by atoms with Gasteiger partial charge in [-0.25, -0.2) is 0 Å². The second-order valence-corrected chi connectivity index (χ2v) is 57.3. The molecule has 0 aromatic heterocycles. The minimum atomic E-state index is -4.03. The molecule has 2 aromatic carbocycles. The molecule has 10 fully saturated rings. The zero-order chi connectivity index (χ0) is 33.7. The monoisotopic (exact) mass is 728 g/mol. The standard InChI is InChI=1S/C38H58P3.C5H5.Fe/c1-28-19-15-17-21-33(28)39(34-22-18-16-20-29(34)2)25-30-23-24-31(26-40(35(3,4)5)36(6,7)8)32(30)27-41(37(9,10)11)38(12,13)14;1-2-4-5-3-1;/h15-24H,25-27H2,1-14H3;1-5H;. The molecule has 258 valence electrons. The molecule has 47 heavy (non-hydrogen) atoms. The zero-order valence-electron chi connectivity index (χ0n) is 32.0. The fourth-order valence-corrected chi connectivity index (χ4v) is 125. The number of aryl methyl sites for hydroxylation is 2. The summed E-state index contributed by atoms with van der Waals surface area (Å²) in [5.41, 5.74) is 3.13. The van der Waals surface area contributed by atoms with E-state index >= 15 is 0 Å². The van der Waals surface area contributed by atoms with Gasteiger partial charge in [-0.2, -0.15) is 0 Å². The SMILES string of the molecule is Cc1ccccc1P(C[C]12[CH]3[CH]4[C]5(CP(C(C)(C)C)C(C)(C)C)[C]1(CP(C(C)(C)C)C(C)(C)C)[Fe]34251678[CH]2[CH]1[CH]6[CH]7[CH]28)c1ccccc1C. The van der Waals surface area contributed by atoms with Gasteiger partial charge >= 0.3 is 283 Å². The van der Waals surface area contributed by atoms with E-state index in [0.717, 1.165) is 12.9 Å². The van der Waals surface area contributed by atoms with Crippen LogP contribution in [-0.4, -0.2) is 39.1 Å². The molecule has 0 saturated carbocycles. The van der Waals surface area contributed by atoms with Crippen LogP contribution in [0.4, 0.5) is 0 Å². The molecule has 0 N–H and O–H groups in total. The van der Waals surface area contributed by atoms with Crippen LogP contribution in [0.15, 0.2) is 48.5 Å². The molecule has 0 amide bonds. The molecule has 12 rings (SSSR count). The molecule has 2 aromatic rings. The van der Waals surface area contributed by atoms with Gasteiger partial charge < -0.3 is 0 Å². The Labute approximate surface area is 281 Å². The summed E-state index contributed by atoms with van der Waals surface area (Å²) in [7, 11) is -0.497. The molecule has 10 aliphatic heterocycles. The van der Waals surface area contributed by atoms with Crippen molar-refractivity contribution >= 4 is 34.4 Å². The Morgan fingerprint density at radius 3 is 1.19 bits per heavy atom. The zero-order valence-corrected chi connectivity index (χ0v) is 35.8. The van der Waals surface area contributed by atoms with E-state index in [1.807, 2.05) is 0 Å². The van der Waals surface area contributed by atoms with Crippen molar-refractivity contribution in [1.29, 1.82) is 0 Å². The first-order chi connectivity index (χ1) is 21.4. The van der Waals surface area contributed by atoms with Crippen LogP contribution in [0.25, 0.3) is 0 Å². The van der Waals surface area contributed by atoms with Crippen LogP contribution >= 0.6 is 23.8 Å². The summed E-state index contributed by atoms with van der Waals surface area (Å²) in [5, 5.41) is 5.20. The molecule has 4 heteroatoms. The van der Waals surface area contributed by atoms with Gasteiger partial charge in [-0.15, -0.1) is 0 Å². The van der Waals surface area contributed by atoms with Gasteiger partial charge in [0.2, 0.25) is 0 Å². The van der Waals surface area contributed by atoms with E-state index in [-0.39, 0.29) is 23.8 Å². The average Bonchev–Trinajstić information content (AvgIpc) is 3.88. The number of rotatable bonds is 8. The van der Waals surface area contributed by atoms with E-state index in [9.17, 15) is 0 Å². The van der Waals surface area contributed by atoms with Crippen molar-refractivity contribution in [3.8, 4) is 0 Å². The van der Waals surface area contributed by atoms with Gasteiger partial charge in [0.15, 0.2) is 0 Å². The predicted molar refractivity (Wildman–Crippen MR) is 210 cm³/mol. The van der Waals surface area contributed by atoms with Gasteiger partial charge in [-0.05, 0) is 0 Å². The summed E-state index contributed by atoms with van der Waals surface area (Å²) in [6.07, 6.45) is 4.99. The molecule has 1 spiro atoms. The van der Waals surface area contributed by atoms with Crippen molar-refractivity contribution in [3.05, 3.63) is 59.7 Å². The van der Waals surface area contributed by atoms with E-state index in [0.29, 0.717) is 20.6 Å². The Balaban J connectivity index is 1.12. The van der Waals surface area contributed by atoms with Gasteiger partial charge in [-0.1, -0.05) is 0 Å². The quantitative estimate of drug-likeness (QED) is 0.188. The first-order valence-electron chi connectivity index (χ1n) is 19.0. The van der Waals surface area contributed by atoms with Gasteiger partial charge in [0.25, 0.3) is 0 Å². The van der Waals surface area contributed by atoms with Crippen LogP contribution in [0.3, 0.4) is 0 Å². The summed E-state index contributed by atoms with van der Waals surface area (Å²) in [6.45, 7) is 32.8. The van der Waals surface area contributed by atoms with Crippen LogP contribution < -0.4 is 10.6 Å². The minimum absolute atomic E-state index is 0.0550. The van der Waals surface area contributed by atoms with Gasteiger partial charge in [0.05, 0.1) is 0 Å². The fraction of sp³-hybridized carbons (Fsp3) is 0.721. The molecule has 5 unspecified atom stereocenters. The Hall–Kier alpha value is 0.249. The summed E-state index contributed by atoms with van der Waals surface area (Å²) >= 11 is 0. The van der Waals surface area contributed by atoms with E-state index in [1.165, 1.54) is 33.7 Å². The van der Waals surface area contributed by atoms with Crippen LogP contribution in [0.1, 0.15) is 94.2 Å². The maximum absolute atomic E-state index is 4.03. The second kappa shape index (κ2) is 4.81. The van der Waals surface area contributed by atoms with E-state index in [2.05, 4.69) is 145 Å². The van der Waals surface area contributed by atoms with Gasteiger partial charge in [0.1, 0.15) is 0 Å². The fourth-order valence-electron chi connectivity index (χ4n) is 25.3. The molecule has 0 bridgehead atoms. The number of fused-ring (bicyclic) bond motifs is 10. The summed E-state index contributed by atoms with van der Waals surface area (Å²) < 4.78 is 2.53. The van der Waals surface area contributed by atoms with E-state index < -0.39 is 6.51 Å². The molecule has 0 nitrogen and oxygen atoms in total. The Bertz CT molecular complexity index is 2150. The van der Waals surface area contributed by atoms with Crippen molar-refractivity contribution < 1.29 is 6.51 Å². The number of benzene rings is 2. The van der Waals surface area contributed by atoms with Crippen molar-refractivity contribution in [2.24, 2.45) is 0 Å². The molecule has 10 heterocycles. The van der Waals surface area contributed by atoms with E-state index in [1.54, 1.807) is 40.2 Å². The average molecular weight is 729 g/mol. The third-order valence-corrected chi connectivity index (χ3v) is 80.1.